The molecule has 6 heteroatoms. The second kappa shape index (κ2) is 4.48. The number of aromatic nitrogens is 4. The van der Waals surface area contributed by atoms with E-state index in [1.807, 2.05) is 25.0 Å². The number of hydrogen-bond donors (Lipinski definition) is 2. The Kier molecular flexibility index (Phi) is 3.03. The van der Waals surface area contributed by atoms with E-state index in [4.69, 9.17) is 5.73 Å². The van der Waals surface area contributed by atoms with Crippen molar-refractivity contribution in [3.8, 4) is 0 Å². The van der Waals surface area contributed by atoms with E-state index < -0.39 is 0 Å². The fourth-order valence-corrected chi connectivity index (χ4v) is 1.85. The number of nitrogens with one attached hydrogen (secondary N) is 1. The van der Waals surface area contributed by atoms with Crippen LogP contribution in [0.5, 0.6) is 0 Å². The molecule has 6 nitrogen and oxygen atoms in total. The normalized spacial score (nSPS) is 10.8. The zero-order chi connectivity index (χ0) is 12.4. The molecule has 0 atom stereocenters. The van der Waals surface area contributed by atoms with Crippen LogP contribution in [0.4, 0.5) is 11.5 Å². The van der Waals surface area contributed by atoms with E-state index >= 15 is 0 Å². The molecule has 2 rings (SSSR count). The third-order valence-electron chi connectivity index (χ3n) is 2.63. The van der Waals surface area contributed by atoms with Gasteiger partial charge in [0.2, 0.25) is 0 Å². The van der Waals surface area contributed by atoms with Gasteiger partial charge in [-0.3, -0.25) is 9.36 Å². The molecule has 92 valence electrons. The summed E-state index contributed by atoms with van der Waals surface area (Å²) in [4.78, 5) is 0. The third kappa shape index (κ3) is 2.41. The molecule has 2 heterocycles. The van der Waals surface area contributed by atoms with Crippen LogP contribution in [0.25, 0.3) is 0 Å². The Morgan fingerprint density at radius 1 is 1.24 bits per heavy atom. The number of nitrogens with zero attached hydrogens (tertiary/aromatic N) is 4. The Labute approximate surface area is 100 Å². The molecule has 0 aromatic carbocycles. The van der Waals surface area contributed by atoms with Crippen molar-refractivity contribution < 1.29 is 0 Å². The van der Waals surface area contributed by atoms with E-state index in [0.717, 1.165) is 17.9 Å². The van der Waals surface area contributed by atoms with Crippen molar-refractivity contribution in [3.05, 3.63) is 23.7 Å². The summed E-state index contributed by atoms with van der Waals surface area (Å²) in [5.41, 5.74) is 8.76. The lowest BCUT2D eigenvalue weighted by Crippen LogP contribution is -2.03. The van der Waals surface area contributed by atoms with E-state index in [-0.39, 0.29) is 0 Å². The first-order valence-electron chi connectivity index (χ1n) is 5.64. The van der Waals surface area contributed by atoms with E-state index in [1.165, 1.54) is 5.56 Å². The second-order valence-electron chi connectivity index (χ2n) is 4.09. The fraction of sp³-hybridized carbons (Fsp3) is 0.455. The summed E-state index contributed by atoms with van der Waals surface area (Å²) in [5, 5.41) is 11.9. The zero-order valence-electron chi connectivity index (χ0n) is 10.4. The summed E-state index contributed by atoms with van der Waals surface area (Å²) in [6, 6.07) is 0. The smallest absolute Gasteiger partial charge is 0.171 e. The molecule has 0 unspecified atom stereocenters. The van der Waals surface area contributed by atoms with Crippen LogP contribution in [0.2, 0.25) is 0 Å². The average Bonchev–Trinajstić information content (AvgIpc) is 2.78. The van der Waals surface area contributed by atoms with Crippen LogP contribution in [0, 0.1) is 0 Å². The molecule has 2 aromatic heterocycles. The number of nitrogen functional groups attached to an aromatic ring is 1. The van der Waals surface area contributed by atoms with Crippen LogP contribution in [-0.4, -0.2) is 19.6 Å². The minimum atomic E-state index is 0.662. The SMILES string of the molecule is CCc1nn(C)cc1CNc1nn(C)cc1N. The molecule has 0 fully saturated rings. The largest absolute Gasteiger partial charge is 0.394 e. The van der Waals surface area contributed by atoms with Crippen LogP contribution >= 0.6 is 0 Å². The van der Waals surface area contributed by atoms with Crippen LogP contribution in [-0.2, 0) is 27.1 Å². The van der Waals surface area contributed by atoms with Gasteiger partial charge in [0.05, 0.1) is 11.4 Å². The Bertz CT molecular complexity index is 510. The average molecular weight is 234 g/mol. The monoisotopic (exact) mass is 234 g/mol. The highest BCUT2D eigenvalue weighted by atomic mass is 15.3. The molecule has 2 aromatic rings. The predicted molar refractivity (Wildman–Crippen MR) is 67.5 cm³/mol. The third-order valence-corrected chi connectivity index (χ3v) is 2.63. The van der Waals surface area contributed by atoms with Crippen LogP contribution in [0.3, 0.4) is 0 Å². The van der Waals surface area contributed by atoms with E-state index in [2.05, 4.69) is 22.4 Å². The Hall–Kier alpha value is -1.98. The molecule has 0 aliphatic carbocycles. The first kappa shape index (κ1) is 11.5. The summed E-state index contributed by atoms with van der Waals surface area (Å²) in [6.45, 7) is 2.79. The van der Waals surface area contributed by atoms with E-state index in [0.29, 0.717) is 12.2 Å². The van der Waals surface area contributed by atoms with Gasteiger partial charge in [-0.1, -0.05) is 6.92 Å². The molecule has 0 bridgehead atoms. The molecule has 17 heavy (non-hydrogen) atoms. The van der Waals surface area contributed by atoms with Crippen LogP contribution < -0.4 is 11.1 Å². The molecular formula is C11H18N6. The van der Waals surface area contributed by atoms with Gasteiger partial charge in [-0.25, -0.2) is 0 Å². The van der Waals surface area contributed by atoms with Crippen molar-refractivity contribution in [1.82, 2.24) is 19.6 Å². The number of hydrogen-bond acceptors (Lipinski definition) is 4. The minimum absolute atomic E-state index is 0.662. The van der Waals surface area contributed by atoms with Crippen molar-refractivity contribution in [2.75, 3.05) is 11.1 Å². The summed E-state index contributed by atoms with van der Waals surface area (Å²) in [6.07, 6.45) is 4.73. The highest BCUT2D eigenvalue weighted by Gasteiger charge is 2.08. The lowest BCUT2D eigenvalue weighted by atomic mass is 10.2. The molecular weight excluding hydrogens is 216 g/mol. The Morgan fingerprint density at radius 3 is 2.53 bits per heavy atom. The summed E-state index contributed by atoms with van der Waals surface area (Å²) in [7, 11) is 3.78. The Balaban J connectivity index is 2.09. The summed E-state index contributed by atoms with van der Waals surface area (Å²) >= 11 is 0. The molecule has 0 saturated heterocycles. The zero-order valence-corrected chi connectivity index (χ0v) is 10.4. The van der Waals surface area contributed by atoms with Gasteiger partial charge >= 0.3 is 0 Å². The minimum Gasteiger partial charge on any atom is -0.394 e. The number of rotatable bonds is 4. The van der Waals surface area contributed by atoms with Gasteiger partial charge in [0.15, 0.2) is 5.82 Å². The molecule has 0 aliphatic heterocycles. The lowest BCUT2D eigenvalue weighted by Gasteiger charge is -2.03. The molecule has 3 N–H and O–H groups in total. The van der Waals surface area contributed by atoms with Crippen molar-refractivity contribution >= 4 is 11.5 Å². The first-order chi connectivity index (χ1) is 8.10. The molecule has 0 radical (unpaired) electrons. The predicted octanol–water partition coefficient (Wildman–Crippen LogP) is 0.910. The highest BCUT2D eigenvalue weighted by molar-refractivity contribution is 5.59. The molecule has 0 aliphatic rings. The van der Waals surface area contributed by atoms with Gasteiger partial charge in [-0.2, -0.15) is 10.2 Å². The first-order valence-corrected chi connectivity index (χ1v) is 5.64. The molecule has 0 saturated carbocycles. The number of nitrogens with two attached hydrogens (primary N) is 1. The molecule has 0 spiro atoms. The van der Waals surface area contributed by atoms with Gasteiger partial charge in [0.1, 0.15) is 0 Å². The maximum Gasteiger partial charge on any atom is 0.171 e. The lowest BCUT2D eigenvalue weighted by molar-refractivity contribution is 0.746. The van der Waals surface area contributed by atoms with Gasteiger partial charge < -0.3 is 11.1 Å². The van der Waals surface area contributed by atoms with Gasteiger partial charge in [-0.15, -0.1) is 0 Å². The molecule has 0 amide bonds. The van der Waals surface area contributed by atoms with E-state index in [9.17, 15) is 0 Å². The van der Waals surface area contributed by atoms with Crippen molar-refractivity contribution in [1.29, 1.82) is 0 Å². The Morgan fingerprint density at radius 2 is 1.94 bits per heavy atom. The maximum atomic E-state index is 5.81. The highest BCUT2D eigenvalue weighted by Crippen LogP contribution is 2.16. The van der Waals surface area contributed by atoms with Gasteiger partial charge in [0, 0.05) is 38.6 Å². The van der Waals surface area contributed by atoms with Gasteiger partial charge in [0.25, 0.3) is 0 Å². The summed E-state index contributed by atoms with van der Waals surface area (Å²) in [5.74, 6) is 0.721. The number of aryl methyl sites for hydroxylation is 3. The van der Waals surface area contributed by atoms with Crippen molar-refractivity contribution in [2.24, 2.45) is 14.1 Å². The topological polar surface area (TPSA) is 73.7 Å². The van der Waals surface area contributed by atoms with Gasteiger partial charge in [-0.05, 0) is 6.42 Å². The maximum absolute atomic E-state index is 5.81. The van der Waals surface area contributed by atoms with Crippen LogP contribution in [0.1, 0.15) is 18.2 Å². The van der Waals surface area contributed by atoms with Crippen molar-refractivity contribution in [2.45, 2.75) is 19.9 Å². The second-order valence-corrected chi connectivity index (χ2v) is 4.09. The fourth-order valence-electron chi connectivity index (χ4n) is 1.85. The number of anilines is 2. The quantitative estimate of drug-likeness (QED) is 0.824. The van der Waals surface area contributed by atoms with E-state index in [1.54, 1.807) is 10.9 Å². The standard InChI is InChI=1S/C11H18N6/c1-4-10-8(6-16(2)14-10)5-13-11-9(12)7-17(3)15-11/h6-7H,4-5,12H2,1-3H3,(H,13,15). The summed E-state index contributed by atoms with van der Waals surface area (Å²) < 4.78 is 3.53. The van der Waals surface area contributed by atoms with Crippen molar-refractivity contribution in [3.63, 3.8) is 0 Å². The van der Waals surface area contributed by atoms with Crippen LogP contribution in [0.15, 0.2) is 12.4 Å².